The minimum atomic E-state index is -0.596. The number of urea groups is 1. The summed E-state index contributed by atoms with van der Waals surface area (Å²) in [6.07, 6.45) is 0. The zero-order valence-electron chi connectivity index (χ0n) is 14.3. The van der Waals surface area contributed by atoms with E-state index < -0.39 is 18.0 Å². The summed E-state index contributed by atoms with van der Waals surface area (Å²) in [6, 6.07) is 4.45. The average Bonchev–Trinajstić information content (AvgIpc) is 2.60. The van der Waals surface area contributed by atoms with Crippen LogP contribution in [0.5, 0.6) is 5.75 Å². The molecular weight excluding hydrogens is 328 g/mol. The third kappa shape index (κ3) is 4.50. The van der Waals surface area contributed by atoms with Crippen molar-refractivity contribution in [1.29, 1.82) is 0 Å². The van der Waals surface area contributed by atoms with Crippen LogP contribution in [0.2, 0.25) is 0 Å². The van der Waals surface area contributed by atoms with Crippen LogP contribution >= 0.6 is 0 Å². The minimum Gasteiger partial charge on any atom is -0.496 e. The Morgan fingerprint density at radius 1 is 1.20 bits per heavy atom. The molecule has 0 aromatic heterocycles. The third-order valence-electron chi connectivity index (χ3n) is 3.57. The normalized spacial score (nSPS) is 13.6. The van der Waals surface area contributed by atoms with Crippen molar-refractivity contribution in [3.05, 3.63) is 40.6 Å². The Balaban J connectivity index is 2.12. The van der Waals surface area contributed by atoms with Gasteiger partial charge in [0, 0.05) is 0 Å². The number of benzene rings is 1. The van der Waals surface area contributed by atoms with Gasteiger partial charge in [-0.25, -0.2) is 14.4 Å². The summed E-state index contributed by atoms with van der Waals surface area (Å²) in [5, 5.41) is 4.95. The predicted octanol–water partition coefficient (Wildman–Crippen LogP) is 1.29. The molecule has 0 radical (unpaired) electrons. The number of methoxy groups -OCH3 is 1. The van der Waals surface area contributed by atoms with Crippen molar-refractivity contribution in [2.45, 2.75) is 13.8 Å². The molecule has 1 aliphatic rings. The second-order valence-electron chi connectivity index (χ2n) is 5.25. The molecule has 134 valence electrons. The molecule has 0 fully saturated rings. The highest BCUT2D eigenvalue weighted by atomic mass is 16.5. The van der Waals surface area contributed by atoms with Gasteiger partial charge in [0.1, 0.15) is 12.4 Å². The molecule has 1 aromatic rings. The van der Waals surface area contributed by atoms with Gasteiger partial charge in [-0.2, -0.15) is 0 Å². The molecule has 0 spiro atoms. The van der Waals surface area contributed by atoms with Gasteiger partial charge in [0.25, 0.3) is 0 Å². The fourth-order valence-electron chi connectivity index (χ4n) is 2.24. The zero-order valence-corrected chi connectivity index (χ0v) is 14.3. The number of hydrogen-bond acceptors (Lipinski definition) is 6. The summed E-state index contributed by atoms with van der Waals surface area (Å²) in [5.41, 5.74) is 1.61. The summed E-state index contributed by atoms with van der Waals surface area (Å²) in [5.74, 6) is -0.601. The molecule has 8 nitrogen and oxygen atoms in total. The molecule has 0 saturated carbocycles. The maximum absolute atomic E-state index is 12.2. The van der Waals surface area contributed by atoms with Crippen LogP contribution in [0, 0.1) is 6.92 Å². The van der Waals surface area contributed by atoms with Crippen LogP contribution in [0.15, 0.2) is 29.5 Å². The van der Waals surface area contributed by atoms with Gasteiger partial charge in [-0.1, -0.05) is 6.07 Å². The molecule has 0 unspecified atom stereocenters. The molecule has 0 atom stereocenters. The zero-order chi connectivity index (χ0) is 18.4. The highest BCUT2D eigenvalue weighted by molar-refractivity contribution is 5.94. The highest BCUT2D eigenvalue weighted by Crippen LogP contribution is 2.20. The van der Waals surface area contributed by atoms with Gasteiger partial charge in [-0.05, 0) is 31.5 Å². The number of aryl methyl sites for hydroxylation is 1. The standard InChI is InChI=1S/C17H20N2O6/c1-4-24-16(21)12-8-18-17(22)19-13(12)9-25-15(20)11-6-5-10(2)14(7-11)23-3/h5-7H,4,8-9H2,1-3H3,(H2,18,19,22). The maximum Gasteiger partial charge on any atom is 0.338 e. The van der Waals surface area contributed by atoms with Crippen LogP contribution < -0.4 is 15.4 Å². The van der Waals surface area contributed by atoms with Crippen LogP contribution in [-0.4, -0.2) is 44.8 Å². The SMILES string of the molecule is CCOC(=O)C1=C(COC(=O)c2ccc(C)c(OC)c2)NC(=O)NC1. The van der Waals surface area contributed by atoms with Crippen molar-refractivity contribution >= 4 is 18.0 Å². The Morgan fingerprint density at radius 2 is 1.96 bits per heavy atom. The van der Waals surface area contributed by atoms with Crippen molar-refractivity contribution in [3.63, 3.8) is 0 Å². The van der Waals surface area contributed by atoms with E-state index in [1.54, 1.807) is 25.1 Å². The molecule has 2 N–H and O–H groups in total. The largest absolute Gasteiger partial charge is 0.496 e. The van der Waals surface area contributed by atoms with E-state index in [9.17, 15) is 14.4 Å². The summed E-state index contributed by atoms with van der Waals surface area (Å²) >= 11 is 0. The number of ether oxygens (including phenoxy) is 3. The fourth-order valence-corrected chi connectivity index (χ4v) is 2.24. The molecule has 1 aliphatic heterocycles. The number of carbonyl (C=O) groups excluding carboxylic acids is 3. The van der Waals surface area contributed by atoms with Gasteiger partial charge in [-0.3, -0.25) is 0 Å². The molecule has 1 aromatic carbocycles. The number of rotatable bonds is 6. The second-order valence-corrected chi connectivity index (χ2v) is 5.25. The molecule has 0 bridgehead atoms. The van der Waals surface area contributed by atoms with E-state index in [0.717, 1.165) is 5.56 Å². The summed E-state index contributed by atoms with van der Waals surface area (Å²) in [7, 11) is 1.51. The number of hydrogen-bond donors (Lipinski definition) is 2. The van der Waals surface area contributed by atoms with E-state index in [0.29, 0.717) is 11.3 Å². The van der Waals surface area contributed by atoms with Crippen molar-refractivity contribution in [3.8, 4) is 5.75 Å². The van der Waals surface area contributed by atoms with Gasteiger partial charge in [0.2, 0.25) is 0 Å². The van der Waals surface area contributed by atoms with E-state index >= 15 is 0 Å². The van der Waals surface area contributed by atoms with Crippen molar-refractivity contribution in [2.24, 2.45) is 0 Å². The smallest absolute Gasteiger partial charge is 0.338 e. The predicted molar refractivity (Wildman–Crippen MR) is 88.2 cm³/mol. The van der Waals surface area contributed by atoms with Crippen LogP contribution in [0.1, 0.15) is 22.8 Å². The topological polar surface area (TPSA) is 103 Å². The van der Waals surface area contributed by atoms with Crippen molar-refractivity contribution < 1.29 is 28.6 Å². The molecule has 25 heavy (non-hydrogen) atoms. The average molecular weight is 348 g/mol. The summed E-state index contributed by atoms with van der Waals surface area (Å²) in [4.78, 5) is 35.6. The third-order valence-corrected chi connectivity index (χ3v) is 3.57. The van der Waals surface area contributed by atoms with Crippen LogP contribution in [0.4, 0.5) is 4.79 Å². The Kier molecular flexibility index (Phi) is 5.99. The molecule has 1 heterocycles. The Hall–Kier alpha value is -3.03. The lowest BCUT2D eigenvalue weighted by Crippen LogP contribution is -2.45. The number of esters is 2. The van der Waals surface area contributed by atoms with Crippen LogP contribution in [0.25, 0.3) is 0 Å². The Bertz CT molecular complexity index is 726. The van der Waals surface area contributed by atoms with E-state index in [4.69, 9.17) is 14.2 Å². The highest BCUT2D eigenvalue weighted by Gasteiger charge is 2.24. The summed E-state index contributed by atoms with van der Waals surface area (Å²) in [6.45, 7) is 3.49. The second kappa shape index (κ2) is 8.18. The number of nitrogens with one attached hydrogen (secondary N) is 2. The van der Waals surface area contributed by atoms with Crippen molar-refractivity contribution in [2.75, 3.05) is 26.9 Å². The first kappa shape index (κ1) is 18.3. The van der Waals surface area contributed by atoms with E-state index in [2.05, 4.69) is 10.6 Å². The fraction of sp³-hybridized carbons (Fsp3) is 0.353. The van der Waals surface area contributed by atoms with Gasteiger partial charge < -0.3 is 24.8 Å². The molecule has 2 amide bonds. The monoisotopic (exact) mass is 348 g/mol. The van der Waals surface area contributed by atoms with E-state index in [-0.39, 0.29) is 31.0 Å². The molecular formula is C17H20N2O6. The Morgan fingerprint density at radius 3 is 2.64 bits per heavy atom. The number of carbonyl (C=O) groups is 3. The molecule has 0 saturated heterocycles. The minimum absolute atomic E-state index is 0.00983. The first-order chi connectivity index (χ1) is 12.0. The lowest BCUT2D eigenvalue weighted by molar-refractivity contribution is -0.138. The lowest BCUT2D eigenvalue weighted by atomic mass is 10.1. The lowest BCUT2D eigenvalue weighted by Gasteiger charge is -2.21. The summed E-state index contributed by atoms with van der Waals surface area (Å²) < 4.78 is 15.3. The van der Waals surface area contributed by atoms with Crippen LogP contribution in [-0.2, 0) is 14.3 Å². The van der Waals surface area contributed by atoms with Crippen LogP contribution in [0.3, 0.4) is 0 Å². The van der Waals surface area contributed by atoms with Gasteiger partial charge >= 0.3 is 18.0 Å². The van der Waals surface area contributed by atoms with Gasteiger partial charge in [0.15, 0.2) is 0 Å². The molecule has 2 rings (SSSR count). The first-order valence-electron chi connectivity index (χ1n) is 7.72. The number of amides is 2. The van der Waals surface area contributed by atoms with Crippen molar-refractivity contribution in [1.82, 2.24) is 10.6 Å². The Labute approximate surface area is 145 Å². The maximum atomic E-state index is 12.2. The van der Waals surface area contributed by atoms with Gasteiger partial charge in [-0.15, -0.1) is 0 Å². The van der Waals surface area contributed by atoms with E-state index in [1.807, 2.05) is 6.92 Å². The molecule has 0 aliphatic carbocycles. The quantitative estimate of drug-likeness (QED) is 0.751. The first-order valence-corrected chi connectivity index (χ1v) is 7.72. The van der Waals surface area contributed by atoms with E-state index in [1.165, 1.54) is 7.11 Å². The van der Waals surface area contributed by atoms with Gasteiger partial charge in [0.05, 0.1) is 37.1 Å². The molecule has 8 heteroatoms.